The molecule has 0 spiro atoms. The highest BCUT2D eigenvalue weighted by molar-refractivity contribution is 6.11. The van der Waals surface area contributed by atoms with Crippen molar-refractivity contribution < 1.29 is 19.0 Å². The number of phenolic OH excluding ortho intramolecular Hbond substituents is 1. The molecule has 9 heteroatoms. The largest absolute Gasteiger partial charge is 0.507 e. The third-order valence-electron chi connectivity index (χ3n) is 3.37. The third-order valence-corrected chi connectivity index (χ3v) is 3.37. The Kier molecular flexibility index (Phi) is 5.36. The molecular weight excluding hydrogens is 341 g/mol. The monoisotopic (exact) mass is 353 g/mol. The summed E-state index contributed by atoms with van der Waals surface area (Å²) in [7, 11) is 1.34. The second-order valence-electron chi connectivity index (χ2n) is 4.89. The fourth-order valence-electron chi connectivity index (χ4n) is 2.33. The van der Waals surface area contributed by atoms with Crippen LogP contribution in [-0.4, -0.2) is 24.1 Å². The molecule has 0 radical (unpaired) electrons. The van der Waals surface area contributed by atoms with E-state index in [9.17, 15) is 19.6 Å². The Morgan fingerprint density at radius 1 is 1.35 bits per heavy atom. The Bertz CT molecular complexity index is 989. The Morgan fingerprint density at radius 3 is 2.69 bits per heavy atom. The molecule has 0 fully saturated rings. The van der Waals surface area contributed by atoms with E-state index in [-0.39, 0.29) is 28.0 Å². The lowest BCUT2D eigenvalue weighted by Gasteiger charge is -2.15. The standard InChI is InChI=1S/C17H12FN5O3/c1-26-13-5-3-10(18)6-11(13)14-9(7-19)2-4-12(24)15(14)16(25)23-17(21)22-8-20/h2-6,24H,1H3,(H3,21,22,23,25). The Balaban J connectivity index is 2.78. The molecule has 0 unspecified atom stereocenters. The summed E-state index contributed by atoms with van der Waals surface area (Å²) in [6, 6.07) is 7.84. The summed E-state index contributed by atoms with van der Waals surface area (Å²) in [5.74, 6) is -2.37. The van der Waals surface area contributed by atoms with Crippen molar-refractivity contribution in [2.24, 2.45) is 10.7 Å². The van der Waals surface area contributed by atoms with E-state index in [0.29, 0.717) is 0 Å². The third kappa shape index (κ3) is 3.52. The topological polar surface area (TPSA) is 145 Å². The molecular formula is C17H12FN5O3. The number of hydrogen-bond acceptors (Lipinski definition) is 6. The van der Waals surface area contributed by atoms with Crippen molar-refractivity contribution in [2.75, 3.05) is 7.11 Å². The summed E-state index contributed by atoms with van der Waals surface area (Å²) < 4.78 is 18.9. The number of hydrogen-bond donors (Lipinski definition) is 3. The average molecular weight is 353 g/mol. The minimum Gasteiger partial charge on any atom is -0.507 e. The van der Waals surface area contributed by atoms with Gasteiger partial charge in [-0.2, -0.15) is 10.5 Å². The van der Waals surface area contributed by atoms with Crippen LogP contribution >= 0.6 is 0 Å². The van der Waals surface area contributed by atoms with E-state index in [1.165, 1.54) is 25.4 Å². The molecule has 0 atom stereocenters. The Hall–Kier alpha value is -4.11. The van der Waals surface area contributed by atoms with Crippen LogP contribution in [0.15, 0.2) is 35.3 Å². The van der Waals surface area contributed by atoms with Crippen molar-refractivity contribution in [1.82, 2.24) is 5.32 Å². The normalized spacial score (nSPS) is 10.5. The molecule has 2 aromatic rings. The van der Waals surface area contributed by atoms with Gasteiger partial charge in [-0.15, -0.1) is 4.99 Å². The molecule has 0 bridgehead atoms. The SMILES string of the molecule is COc1ccc(F)cc1-c1c(C#N)ccc(O)c1C(=O)NC(N)=NC#N. The highest BCUT2D eigenvalue weighted by Gasteiger charge is 2.24. The maximum Gasteiger partial charge on any atom is 0.262 e. The number of aromatic hydroxyl groups is 1. The summed E-state index contributed by atoms with van der Waals surface area (Å²) in [4.78, 5) is 15.7. The first kappa shape index (κ1) is 18.2. The number of guanidine groups is 1. The molecule has 4 N–H and O–H groups in total. The molecule has 130 valence electrons. The number of carbonyl (C=O) groups excluding carboxylic acids is 1. The van der Waals surface area contributed by atoms with E-state index in [1.54, 1.807) is 0 Å². The number of phenols is 1. The molecule has 0 aliphatic rings. The summed E-state index contributed by atoms with van der Waals surface area (Å²) >= 11 is 0. The van der Waals surface area contributed by atoms with E-state index in [0.717, 1.165) is 18.2 Å². The second kappa shape index (κ2) is 7.64. The smallest absolute Gasteiger partial charge is 0.262 e. The van der Waals surface area contributed by atoms with Gasteiger partial charge in [0.2, 0.25) is 12.2 Å². The summed E-state index contributed by atoms with van der Waals surface area (Å²) in [5, 5.41) is 30.1. The predicted molar refractivity (Wildman–Crippen MR) is 89.5 cm³/mol. The van der Waals surface area contributed by atoms with E-state index in [2.05, 4.69) is 10.3 Å². The quantitative estimate of drug-likeness (QED) is 0.434. The molecule has 2 rings (SSSR count). The van der Waals surface area contributed by atoms with Crippen LogP contribution in [0.25, 0.3) is 11.1 Å². The maximum absolute atomic E-state index is 13.8. The van der Waals surface area contributed by atoms with E-state index >= 15 is 0 Å². The molecule has 0 heterocycles. The number of carbonyl (C=O) groups is 1. The van der Waals surface area contributed by atoms with Gasteiger partial charge >= 0.3 is 0 Å². The highest BCUT2D eigenvalue weighted by Crippen LogP contribution is 2.38. The zero-order valence-electron chi connectivity index (χ0n) is 13.4. The number of aliphatic imine (C=N–C) groups is 1. The van der Waals surface area contributed by atoms with Gasteiger partial charge in [0, 0.05) is 11.1 Å². The van der Waals surface area contributed by atoms with Crippen LogP contribution in [0, 0.1) is 28.6 Å². The van der Waals surface area contributed by atoms with Crippen LogP contribution in [-0.2, 0) is 0 Å². The van der Waals surface area contributed by atoms with Crippen molar-refractivity contribution in [3.8, 4) is 34.9 Å². The van der Waals surface area contributed by atoms with Crippen molar-refractivity contribution in [1.29, 1.82) is 10.5 Å². The van der Waals surface area contributed by atoms with Gasteiger partial charge in [-0.1, -0.05) is 0 Å². The summed E-state index contributed by atoms with van der Waals surface area (Å²) in [6.45, 7) is 0. The molecule has 2 aromatic carbocycles. The minimum atomic E-state index is -0.933. The molecule has 0 aromatic heterocycles. The lowest BCUT2D eigenvalue weighted by molar-refractivity contribution is 0.0974. The number of benzene rings is 2. The number of nitrogens with one attached hydrogen (secondary N) is 1. The molecule has 0 aliphatic carbocycles. The number of amides is 1. The second-order valence-corrected chi connectivity index (χ2v) is 4.89. The zero-order chi connectivity index (χ0) is 19.3. The average Bonchev–Trinajstić information content (AvgIpc) is 2.61. The molecule has 26 heavy (non-hydrogen) atoms. The lowest BCUT2D eigenvalue weighted by atomic mass is 9.92. The number of methoxy groups -OCH3 is 1. The molecule has 0 saturated heterocycles. The van der Waals surface area contributed by atoms with Gasteiger partial charge in [-0.3, -0.25) is 10.1 Å². The lowest BCUT2D eigenvalue weighted by Crippen LogP contribution is -2.36. The first-order valence-corrected chi connectivity index (χ1v) is 7.06. The van der Waals surface area contributed by atoms with Crippen LogP contribution in [0.5, 0.6) is 11.5 Å². The van der Waals surface area contributed by atoms with E-state index in [1.807, 2.05) is 6.07 Å². The first-order valence-electron chi connectivity index (χ1n) is 7.06. The fraction of sp³-hybridized carbons (Fsp3) is 0.0588. The summed E-state index contributed by atoms with van der Waals surface area (Å²) in [5.41, 5.74) is 5.06. The minimum absolute atomic E-state index is 0.00681. The van der Waals surface area contributed by atoms with Crippen molar-refractivity contribution in [3.63, 3.8) is 0 Å². The van der Waals surface area contributed by atoms with Gasteiger partial charge in [0.05, 0.1) is 24.3 Å². The van der Waals surface area contributed by atoms with Crippen LogP contribution in [0.2, 0.25) is 0 Å². The molecule has 0 aliphatic heterocycles. The van der Waals surface area contributed by atoms with E-state index in [4.69, 9.17) is 15.7 Å². The Labute approximate surface area is 147 Å². The van der Waals surface area contributed by atoms with Gasteiger partial charge in [0.15, 0.2) is 0 Å². The number of nitriles is 2. The fourth-order valence-corrected chi connectivity index (χ4v) is 2.33. The number of nitrogens with zero attached hydrogens (tertiary/aromatic N) is 3. The summed E-state index contributed by atoms with van der Waals surface area (Å²) in [6.07, 6.45) is 1.40. The Morgan fingerprint density at radius 2 is 2.08 bits per heavy atom. The number of ether oxygens (including phenoxy) is 1. The van der Waals surface area contributed by atoms with Crippen LogP contribution in [0.3, 0.4) is 0 Å². The van der Waals surface area contributed by atoms with Gasteiger partial charge < -0.3 is 15.6 Å². The first-order chi connectivity index (χ1) is 12.4. The van der Waals surface area contributed by atoms with Gasteiger partial charge in [-0.05, 0) is 30.3 Å². The maximum atomic E-state index is 13.8. The number of halogens is 1. The van der Waals surface area contributed by atoms with Crippen molar-refractivity contribution >= 4 is 11.9 Å². The van der Waals surface area contributed by atoms with Crippen LogP contribution < -0.4 is 15.8 Å². The van der Waals surface area contributed by atoms with Crippen LogP contribution in [0.1, 0.15) is 15.9 Å². The number of rotatable bonds is 3. The molecule has 1 amide bonds. The van der Waals surface area contributed by atoms with E-state index < -0.39 is 23.4 Å². The highest BCUT2D eigenvalue weighted by atomic mass is 19.1. The van der Waals surface area contributed by atoms with Gasteiger partial charge in [-0.25, -0.2) is 4.39 Å². The van der Waals surface area contributed by atoms with Crippen LogP contribution in [0.4, 0.5) is 4.39 Å². The molecule has 0 saturated carbocycles. The van der Waals surface area contributed by atoms with Gasteiger partial charge in [0.1, 0.15) is 17.3 Å². The van der Waals surface area contributed by atoms with Crippen molar-refractivity contribution in [3.05, 3.63) is 47.3 Å². The number of nitrogens with two attached hydrogens (primary N) is 1. The predicted octanol–water partition coefficient (Wildman–Crippen LogP) is 1.60. The van der Waals surface area contributed by atoms with Gasteiger partial charge in [0.25, 0.3) is 5.91 Å². The molecule has 8 nitrogen and oxygen atoms in total. The van der Waals surface area contributed by atoms with Crippen molar-refractivity contribution in [2.45, 2.75) is 0 Å². The zero-order valence-corrected chi connectivity index (χ0v) is 13.4.